The summed E-state index contributed by atoms with van der Waals surface area (Å²) in [6.07, 6.45) is 0. The number of hydrogen-bond acceptors (Lipinski definition) is 4. The first-order valence-corrected chi connectivity index (χ1v) is 3.61. The van der Waals surface area contributed by atoms with Crippen LogP contribution >= 0.6 is 12.2 Å². The molecule has 1 aromatic heterocycles. The summed E-state index contributed by atoms with van der Waals surface area (Å²) in [5.74, 6) is 0.118. The van der Waals surface area contributed by atoms with Crippen LogP contribution in [0.4, 0.5) is 14.6 Å². The molecule has 7 heteroatoms. The van der Waals surface area contributed by atoms with Crippen LogP contribution in [0.1, 0.15) is 0 Å². The van der Waals surface area contributed by atoms with Gasteiger partial charge in [0.15, 0.2) is 5.82 Å². The summed E-state index contributed by atoms with van der Waals surface area (Å²) in [7, 11) is 1.53. The van der Waals surface area contributed by atoms with Crippen molar-refractivity contribution in [3.8, 4) is 5.88 Å². The van der Waals surface area contributed by atoms with Crippen LogP contribution in [0.2, 0.25) is 0 Å². The number of isothiocyanates is 1. The highest BCUT2D eigenvalue weighted by molar-refractivity contribution is 7.78. The first-order chi connectivity index (χ1) is 6.13. The summed E-state index contributed by atoms with van der Waals surface area (Å²) in [5, 5.41) is 5.70. The Morgan fingerprint density at radius 2 is 2.46 bits per heavy atom. The van der Waals surface area contributed by atoms with Crippen molar-refractivity contribution in [2.75, 3.05) is 0 Å². The maximum absolute atomic E-state index is 11.7. The van der Waals surface area contributed by atoms with E-state index in [-0.39, 0.29) is 5.88 Å². The Balaban J connectivity index is 2.88. The fourth-order valence-electron chi connectivity index (χ4n) is 0.732. The van der Waals surface area contributed by atoms with Crippen molar-refractivity contribution in [2.45, 2.75) is 6.61 Å². The van der Waals surface area contributed by atoms with E-state index in [0.29, 0.717) is 5.82 Å². The van der Waals surface area contributed by atoms with Gasteiger partial charge in [0, 0.05) is 13.1 Å². The molecule has 0 saturated heterocycles. The van der Waals surface area contributed by atoms with E-state index in [1.165, 1.54) is 17.8 Å². The highest BCUT2D eigenvalue weighted by atomic mass is 32.1. The molecule has 0 fully saturated rings. The van der Waals surface area contributed by atoms with E-state index < -0.39 is 6.61 Å². The Labute approximate surface area is 77.8 Å². The van der Waals surface area contributed by atoms with Crippen molar-refractivity contribution in [3.63, 3.8) is 0 Å². The molecule has 0 aliphatic rings. The second-order valence-corrected chi connectivity index (χ2v) is 2.23. The minimum absolute atomic E-state index is 0.193. The molecule has 1 aromatic rings. The van der Waals surface area contributed by atoms with Gasteiger partial charge >= 0.3 is 6.61 Å². The Hall–Kier alpha value is -1.33. The molecule has 0 atom stereocenters. The van der Waals surface area contributed by atoms with Crippen LogP contribution in [-0.2, 0) is 7.05 Å². The summed E-state index contributed by atoms with van der Waals surface area (Å²) >= 11 is 4.34. The molecule has 70 valence electrons. The number of ether oxygens (including phenoxy) is 1. The average molecular weight is 205 g/mol. The zero-order valence-corrected chi connectivity index (χ0v) is 7.39. The normalized spacial score (nSPS) is 9.85. The van der Waals surface area contributed by atoms with Crippen molar-refractivity contribution in [1.29, 1.82) is 0 Å². The quantitative estimate of drug-likeness (QED) is 0.557. The molecule has 0 unspecified atom stereocenters. The highest BCUT2D eigenvalue weighted by Crippen LogP contribution is 2.19. The van der Waals surface area contributed by atoms with Crippen LogP contribution in [-0.4, -0.2) is 21.6 Å². The van der Waals surface area contributed by atoms with Gasteiger partial charge in [-0.1, -0.05) is 0 Å². The van der Waals surface area contributed by atoms with E-state index in [4.69, 9.17) is 0 Å². The predicted molar refractivity (Wildman–Crippen MR) is 44.5 cm³/mol. The molecule has 0 spiro atoms. The van der Waals surface area contributed by atoms with E-state index in [2.05, 4.69) is 32.2 Å². The largest absolute Gasteiger partial charge is 0.415 e. The Kier molecular flexibility index (Phi) is 3.05. The zero-order valence-electron chi connectivity index (χ0n) is 6.57. The van der Waals surface area contributed by atoms with Gasteiger partial charge in [0.1, 0.15) is 0 Å². The lowest BCUT2D eigenvalue weighted by Gasteiger charge is -1.96. The molecule has 1 heterocycles. The minimum atomic E-state index is -2.89. The van der Waals surface area contributed by atoms with Gasteiger partial charge < -0.3 is 4.74 Å². The first-order valence-electron chi connectivity index (χ1n) is 3.20. The van der Waals surface area contributed by atoms with Gasteiger partial charge in [0.05, 0.1) is 5.16 Å². The fourth-order valence-corrected chi connectivity index (χ4v) is 0.826. The molecule has 0 aliphatic carbocycles. The monoisotopic (exact) mass is 205 g/mol. The number of alkyl halides is 2. The number of aryl methyl sites for hydroxylation is 1. The standard InChI is InChI=1S/C6H5F2N3OS/c1-11-4(9-3-13)2-5(10-11)12-6(7)8/h2,6H,1H3. The third kappa shape index (κ3) is 2.57. The van der Waals surface area contributed by atoms with Crippen LogP contribution in [0.25, 0.3) is 0 Å². The molecule has 0 aromatic carbocycles. The maximum Gasteiger partial charge on any atom is 0.388 e. The summed E-state index contributed by atoms with van der Waals surface area (Å²) < 4.78 is 28.7. The van der Waals surface area contributed by atoms with E-state index in [9.17, 15) is 8.78 Å². The summed E-state index contributed by atoms with van der Waals surface area (Å²) in [6, 6.07) is 1.24. The number of hydrogen-bond donors (Lipinski definition) is 0. The number of aromatic nitrogens is 2. The molecule has 0 aliphatic heterocycles. The van der Waals surface area contributed by atoms with Crippen molar-refractivity contribution in [3.05, 3.63) is 6.07 Å². The van der Waals surface area contributed by atoms with Crippen LogP contribution in [0.3, 0.4) is 0 Å². The summed E-state index contributed by atoms with van der Waals surface area (Å²) in [6.45, 7) is -2.89. The molecule has 0 amide bonds. The number of halogens is 2. The van der Waals surface area contributed by atoms with Gasteiger partial charge in [-0.25, -0.2) is 4.68 Å². The second-order valence-electron chi connectivity index (χ2n) is 2.05. The molecular weight excluding hydrogens is 200 g/mol. The molecule has 0 bridgehead atoms. The van der Waals surface area contributed by atoms with Crippen LogP contribution in [0.15, 0.2) is 11.1 Å². The van der Waals surface area contributed by atoms with Gasteiger partial charge in [-0.2, -0.15) is 13.8 Å². The van der Waals surface area contributed by atoms with Gasteiger partial charge in [-0.3, -0.25) is 0 Å². The van der Waals surface area contributed by atoms with Gasteiger partial charge in [0.25, 0.3) is 0 Å². The van der Waals surface area contributed by atoms with E-state index in [1.807, 2.05) is 0 Å². The van der Waals surface area contributed by atoms with Crippen molar-refractivity contribution in [1.82, 2.24) is 9.78 Å². The Morgan fingerprint density at radius 1 is 1.77 bits per heavy atom. The van der Waals surface area contributed by atoms with Crippen molar-refractivity contribution < 1.29 is 13.5 Å². The average Bonchev–Trinajstić information content (AvgIpc) is 2.31. The van der Waals surface area contributed by atoms with E-state index in [0.717, 1.165) is 0 Å². The molecular formula is C6H5F2N3OS. The zero-order chi connectivity index (χ0) is 9.84. The van der Waals surface area contributed by atoms with Crippen molar-refractivity contribution in [2.24, 2.45) is 12.0 Å². The summed E-state index contributed by atoms with van der Waals surface area (Å²) in [4.78, 5) is 3.57. The third-order valence-electron chi connectivity index (χ3n) is 1.20. The van der Waals surface area contributed by atoms with Crippen LogP contribution < -0.4 is 4.74 Å². The highest BCUT2D eigenvalue weighted by Gasteiger charge is 2.09. The van der Waals surface area contributed by atoms with E-state index >= 15 is 0 Å². The number of aliphatic imine (C=N–C) groups is 1. The number of thiocarbonyl (C=S) groups is 1. The predicted octanol–water partition coefficient (Wildman–Crippen LogP) is 1.76. The molecule has 4 nitrogen and oxygen atoms in total. The molecule has 13 heavy (non-hydrogen) atoms. The van der Waals surface area contributed by atoms with E-state index in [1.54, 1.807) is 0 Å². The lowest BCUT2D eigenvalue weighted by atomic mass is 10.6. The van der Waals surface area contributed by atoms with Crippen molar-refractivity contribution >= 4 is 23.2 Å². The lowest BCUT2D eigenvalue weighted by molar-refractivity contribution is -0.0531. The second kappa shape index (κ2) is 4.06. The minimum Gasteiger partial charge on any atom is -0.415 e. The topological polar surface area (TPSA) is 39.4 Å². The number of rotatable bonds is 3. The summed E-state index contributed by atoms with van der Waals surface area (Å²) in [5.41, 5.74) is 0. The van der Waals surface area contributed by atoms with Crippen LogP contribution in [0.5, 0.6) is 5.88 Å². The van der Waals surface area contributed by atoms with Gasteiger partial charge in [0.2, 0.25) is 5.88 Å². The van der Waals surface area contributed by atoms with Crippen LogP contribution in [0, 0.1) is 0 Å². The maximum atomic E-state index is 11.7. The SMILES string of the molecule is Cn1nc(OC(F)F)cc1N=C=S. The first kappa shape index (κ1) is 9.76. The Morgan fingerprint density at radius 3 is 3.00 bits per heavy atom. The molecule has 0 N–H and O–H groups in total. The molecule has 0 radical (unpaired) electrons. The van der Waals surface area contributed by atoms with Gasteiger partial charge in [-0.15, -0.1) is 5.10 Å². The third-order valence-corrected chi connectivity index (χ3v) is 1.29. The fraction of sp³-hybridized carbons (Fsp3) is 0.333. The molecule has 1 rings (SSSR count). The van der Waals surface area contributed by atoms with Gasteiger partial charge in [-0.05, 0) is 12.2 Å². The lowest BCUT2D eigenvalue weighted by Crippen LogP contribution is -2.02. The number of nitrogens with zero attached hydrogens (tertiary/aromatic N) is 3. The smallest absolute Gasteiger partial charge is 0.388 e. The molecule has 0 saturated carbocycles. The Bertz CT molecular complexity index is 346.